The zero-order valence-electron chi connectivity index (χ0n) is 17.5. The molecule has 0 atom stereocenters. The van der Waals surface area contributed by atoms with Gasteiger partial charge in [0.1, 0.15) is 0 Å². The van der Waals surface area contributed by atoms with Crippen LogP contribution in [0.25, 0.3) is 5.69 Å². The van der Waals surface area contributed by atoms with E-state index in [9.17, 15) is 9.59 Å². The van der Waals surface area contributed by atoms with E-state index < -0.39 is 0 Å². The van der Waals surface area contributed by atoms with Gasteiger partial charge in [0, 0.05) is 22.8 Å². The Hall–Kier alpha value is -3.12. The van der Waals surface area contributed by atoms with E-state index >= 15 is 0 Å². The standard InChI is InChI=1S/C23H25ClN4O2/c1-5-25-22(29)16-7-6-15(4)20(12-16)27-23(30)19-13-26-28(21(19)14(2)3)18-10-8-17(24)9-11-18/h6-14H,5H2,1-4H3,(H,25,29)(H,27,30). The Balaban J connectivity index is 1.94. The molecule has 30 heavy (non-hydrogen) atoms. The second kappa shape index (κ2) is 9.13. The average molecular weight is 425 g/mol. The fourth-order valence-electron chi connectivity index (χ4n) is 3.23. The van der Waals surface area contributed by atoms with Gasteiger partial charge >= 0.3 is 0 Å². The van der Waals surface area contributed by atoms with E-state index in [1.807, 2.05) is 45.9 Å². The molecule has 3 aromatic rings. The Morgan fingerprint density at radius 2 is 1.80 bits per heavy atom. The first-order chi connectivity index (χ1) is 14.3. The largest absolute Gasteiger partial charge is 0.352 e. The van der Waals surface area contributed by atoms with Crippen LogP contribution in [0.4, 0.5) is 5.69 Å². The number of benzene rings is 2. The number of rotatable bonds is 6. The van der Waals surface area contributed by atoms with Gasteiger partial charge in [0.25, 0.3) is 11.8 Å². The maximum absolute atomic E-state index is 13.1. The highest BCUT2D eigenvalue weighted by molar-refractivity contribution is 6.30. The van der Waals surface area contributed by atoms with E-state index in [1.54, 1.807) is 35.1 Å². The molecule has 0 aliphatic heterocycles. The van der Waals surface area contributed by atoms with Gasteiger partial charge in [-0.3, -0.25) is 9.59 Å². The Bertz CT molecular complexity index is 1070. The molecule has 1 aromatic heterocycles. The van der Waals surface area contributed by atoms with Crippen LogP contribution in [0, 0.1) is 6.92 Å². The van der Waals surface area contributed by atoms with Gasteiger partial charge < -0.3 is 10.6 Å². The summed E-state index contributed by atoms with van der Waals surface area (Å²) >= 11 is 5.99. The van der Waals surface area contributed by atoms with Crippen LogP contribution in [0.2, 0.25) is 5.02 Å². The van der Waals surface area contributed by atoms with Crippen LogP contribution in [0.15, 0.2) is 48.7 Å². The Morgan fingerprint density at radius 1 is 1.10 bits per heavy atom. The first-order valence-corrected chi connectivity index (χ1v) is 10.2. The Morgan fingerprint density at radius 3 is 2.43 bits per heavy atom. The summed E-state index contributed by atoms with van der Waals surface area (Å²) in [6, 6.07) is 12.6. The lowest BCUT2D eigenvalue weighted by Crippen LogP contribution is -2.23. The summed E-state index contributed by atoms with van der Waals surface area (Å²) in [5.41, 5.74) is 4.08. The van der Waals surface area contributed by atoms with Crippen molar-refractivity contribution in [2.45, 2.75) is 33.6 Å². The minimum absolute atomic E-state index is 0.0618. The van der Waals surface area contributed by atoms with Crippen molar-refractivity contribution < 1.29 is 9.59 Å². The van der Waals surface area contributed by atoms with Crippen LogP contribution >= 0.6 is 11.6 Å². The van der Waals surface area contributed by atoms with E-state index in [0.29, 0.717) is 28.4 Å². The molecule has 0 bridgehead atoms. The van der Waals surface area contributed by atoms with Crippen molar-refractivity contribution in [3.05, 3.63) is 76.1 Å². The number of carbonyl (C=O) groups is 2. The number of aryl methyl sites for hydroxylation is 1. The van der Waals surface area contributed by atoms with Crippen LogP contribution in [0.1, 0.15) is 58.7 Å². The molecule has 2 N–H and O–H groups in total. The summed E-state index contributed by atoms with van der Waals surface area (Å²) in [5.74, 6) is -0.381. The molecule has 1 heterocycles. The molecule has 0 saturated carbocycles. The SMILES string of the molecule is CCNC(=O)c1ccc(C)c(NC(=O)c2cnn(-c3ccc(Cl)cc3)c2C(C)C)c1. The molecule has 2 aromatic carbocycles. The first-order valence-electron chi connectivity index (χ1n) is 9.85. The molecule has 0 unspecified atom stereocenters. The quantitative estimate of drug-likeness (QED) is 0.587. The van der Waals surface area contributed by atoms with Gasteiger partial charge in [0.15, 0.2) is 0 Å². The van der Waals surface area contributed by atoms with E-state index in [4.69, 9.17) is 11.6 Å². The highest BCUT2D eigenvalue weighted by atomic mass is 35.5. The smallest absolute Gasteiger partial charge is 0.259 e. The summed E-state index contributed by atoms with van der Waals surface area (Å²) in [6.07, 6.45) is 1.57. The van der Waals surface area contributed by atoms with Gasteiger partial charge in [0.05, 0.1) is 23.1 Å². The molecule has 2 amide bonds. The van der Waals surface area contributed by atoms with Gasteiger partial charge in [-0.25, -0.2) is 4.68 Å². The summed E-state index contributed by atoms with van der Waals surface area (Å²) < 4.78 is 1.76. The third-order valence-corrected chi connectivity index (χ3v) is 5.01. The van der Waals surface area contributed by atoms with Crippen molar-refractivity contribution in [1.29, 1.82) is 0 Å². The summed E-state index contributed by atoms with van der Waals surface area (Å²) in [4.78, 5) is 25.3. The van der Waals surface area contributed by atoms with E-state index in [1.165, 1.54) is 0 Å². The second-order valence-corrected chi connectivity index (χ2v) is 7.77. The minimum atomic E-state index is -0.268. The molecule has 0 saturated heterocycles. The minimum Gasteiger partial charge on any atom is -0.352 e. The molecule has 7 heteroatoms. The van der Waals surface area contributed by atoms with Gasteiger partial charge in [-0.05, 0) is 61.7 Å². The maximum atomic E-state index is 13.1. The number of carbonyl (C=O) groups excluding carboxylic acids is 2. The Kier molecular flexibility index (Phi) is 6.57. The lowest BCUT2D eigenvalue weighted by atomic mass is 10.0. The molecular weight excluding hydrogens is 400 g/mol. The number of halogens is 1. The second-order valence-electron chi connectivity index (χ2n) is 7.33. The number of aromatic nitrogens is 2. The van der Waals surface area contributed by atoms with Crippen molar-refractivity contribution in [3.8, 4) is 5.69 Å². The van der Waals surface area contributed by atoms with E-state index in [0.717, 1.165) is 16.9 Å². The lowest BCUT2D eigenvalue weighted by molar-refractivity contribution is 0.0954. The third kappa shape index (κ3) is 4.54. The lowest BCUT2D eigenvalue weighted by Gasteiger charge is -2.14. The molecule has 0 fully saturated rings. The first kappa shape index (κ1) is 21.6. The van der Waals surface area contributed by atoms with Crippen molar-refractivity contribution in [2.24, 2.45) is 0 Å². The average Bonchev–Trinajstić information content (AvgIpc) is 3.16. The molecule has 0 aliphatic carbocycles. The zero-order valence-corrected chi connectivity index (χ0v) is 18.2. The summed E-state index contributed by atoms with van der Waals surface area (Å²) in [7, 11) is 0. The summed E-state index contributed by atoms with van der Waals surface area (Å²) in [6.45, 7) is 8.32. The van der Waals surface area contributed by atoms with Crippen LogP contribution in [-0.4, -0.2) is 28.1 Å². The monoisotopic (exact) mass is 424 g/mol. The number of amides is 2. The number of nitrogens with one attached hydrogen (secondary N) is 2. The molecule has 0 aliphatic rings. The molecule has 0 radical (unpaired) electrons. The van der Waals surface area contributed by atoms with Crippen molar-refractivity contribution in [2.75, 3.05) is 11.9 Å². The van der Waals surface area contributed by atoms with Gasteiger partial charge in [-0.1, -0.05) is 31.5 Å². The highest BCUT2D eigenvalue weighted by Gasteiger charge is 2.21. The topological polar surface area (TPSA) is 76.0 Å². The number of hydrogen-bond acceptors (Lipinski definition) is 3. The summed E-state index contributed by atoms with van der Waals surface area (Å²) in [5, 5.41) is 10.8. The van der Waals surface area contributed by atoms with Gasteiger partial charge in [0.2, 0.25) is 0 Å². The van der Waals surface area contributed by atoms with Crippen LogP contribution in [0.5, 0.6) is 0 Å². The van der Waals surface area contributed by atoms with Crippen LogP contribution in [0.3, 0.4) is 0 Å². The molecule has 156 valence electrons. The predicted octanol–water partition coefficient (Wildman–Crippen LogP) is 4.96. The fraction of sp³-hybridized carbons (Fsp3) is 0.261. The number of hydrogen-bond donors (Lipinski definition) is 2. The van der Waals surface area contributed by atoms with E-state index in [-0.39, 0.29) is 17.7 Å². The zero-order chi connectivity index (χ0) is 21.8. The molecule has 6 nitrogen and oxygen atoms in total. The third-order valence-electron chi connectivity index (χ3n) is 4.75. The maximum Gasteiger partial charge on any atom is 0.259 e. The number of anilines is 1. The van der Waals surface area contributed by atoms with Crippen molar-refractivity contribution >= 4 is 29.1 Å². The van der Waals surface area contributed by atoms with E-state index in [2.05, 4.69) is 15.7 Å². The van der Waals surface area contributed by atoms with Gasteiger partial charge in [-0.15, -0.1) is 0 Å². The van der Waals surface area contributed by atoms with Crippen molar-refractivity contribution in [3.63, 3.8) is 0 Å². The molecular formula is C23H25ClN4O2. The molecule has 0 spiro atoms. The predicted molar refractivity (Wildman–Crippen MR) is 120 cm³/mol. The van der Waals surface area contributed by atoms with Gasteiger partial charge in [-0.2, -0.15) is 5.10 Å². The van der Waals surface area contributed by atoms with Crippen molar-refractivity contribution in [1.82, 2.24) is 15.1 Å². The number of nitrogens with zero attached hydrogens (tertiary/aromatic N) is 2. The van der Waals surface area contributed by atoms with Crippen LogP contribution in [-0.2, 0) is 0 Å². The highest BCUT2D eigenvalue weighted by Crippen LogP contribution is 2.25. The Labute approximate surface area is 181 Å². The molecule has 3 rings (SSSR count). The van der Waals surface area contributed by atoms with Crippen LogP contribution < -0.4 is 10.6 Å². The normalized spacial score (nSPS) is 10.9. The fourth-order valence-corrected chi connectivity index (χ4v) is 3.35.